The predicted octanol–water partition coefficient (Wildman–Crippen LogP) is 1.61. The van der Waals surface area contributed by atoms with Gasteiger partial charge in [0, 0.05) is 38.3 Å². The fourth-order valence-corrected chi connectivity index (χ4v) is 1.91. The van der Waals surface area contributed by atoms with E-state index in [9.17, 15) is 10.1 Å². The number of fused-ring (bicyclic) bond motifs is 1. The zero-order valence-corrected chi connectivity index (χ0v) is 11.8. The van der Waals surface area contributed by atoms with Crippen LogP contribution in [0.1, 0.15) is 0 Å². The van der Waals surface area contributed by atoms with Gasteiger partial charge in [-0.1, -0.05) is 0 Å². The standard InChI is InChI=1S/C13H16N4O4/c1-20-7-10(21-2)6-14-13-11-5-9(17(18)19)3-4-12(11)15-8-16-13/h3-5,8,10H,6-7H2,1-2H3,(H,14,15,16). The maximum absolute atomic E-state index is 10.9. The fraction of sp³-hybridized carbons (Fsp3) is 0.385. The molecule has 112 valence electrons. The highest BCUT2D eigenvalue weighted by molar-refractivity contribution is 5.90. The Morgan fingerprint density at radius 2 is 2.19 bits per heavy atom. The Labute approximate surface area is 121 Å². The van der Waals surface area contributed by atoms with Crippen molar-refractivity contribution in [3.05, 3.63) is 34.6 Å². The van der Waals surface area contributed by atoms with E-state index in [2.05, 4.69) is 15.3 Å². The normalized spacial score (nSPS) is 12.3. The molecule has 0 bridgehead atoms. The molecule has 0 fully saturated rings. The number of aromatic nitrogens is 2. The van der Waals surface area contributed by atoms with Crippen molar-refractivity contribution < 1.29 is 14.4 Å². The molecule has 1 aromatic heterocycles. The van der Waals surface area contributed by atoms with E-state index in [0.717, 1.165) is 0 Å². The number of nitro benzene ring substituents is 1. The lowest BCUT2D eigenvalue weighted by Crippen LogP contribution is -2.27. The molecular formula is C13H16N4O4. The van der Waals surface area contributed by atoms with Gasteiger partial charge in [-0.3, -0.25) is 10.1 Å². The minimum absolute atomic E-state index is 0.000494. The van der Waals surface area contributed by atoms with Gasteiger partial charge in [0.2, 0.25) is 0 Å². The molecule has 1 heterocycles. The number of hydrogen-bond donors (Lipinski definition) is 1. The third-order valence-corrected chi connectivity index (χ3v) is 3.01. The van der Waals surface area contributed by atoms with E-state index in [-0.39, 0.29) is 11.8 Å². The van der Waals surface area contributed by atoms with Crippen molar-refractivity contribution >= 4 is 22.4 Å². The Morgan fingerprint density at radius 3 is 2.86 bits per heavy atom. The van der Waals surface area contributed by atoms with Crippen molar-refractivity contribution in [3.63, 3.8) is 0 Å². The number of methoxy groups -OCH3 is 2. The summed E-state index contributed by atoms with van der Waals surface area (Å²) in [5, 5.41) is 14.6. The highest BCUT2D eigenvalue weighted by Crippen LogP contribution is 2.24. The van der Waals surface area contributed by atoms with Crippen LogP contribution in [0.5, 0.6) is 0 Å². The number of hydrogen-bond acceptors (Lipinski definition) is 7. The number of nitrogens with one attached hydrogen (secondary N) is 1. The largest absolute Gasteiger partial charge is 0.382 e. The van der Waals surface area contributed by atoms with Gasteiger partial charge in [0.25, 0.3) is 5.69 Å². The summed E-state index contributed by atoms with van der Waals surface area (Å²) in [6, 6.07) is 4.47. The first kappa shape index (κ1) is 15.1. The van der Waals surface area contributed by atoms with Crippen LogP contribution in [-0.4, -0.2) is 48.4 Å². The van der Waals surface area contributed by atoms with E-state index >= 15 is 0 Å². The molecule has 1 unspecified atom stereocenters. The van der Waals surface area contributed by atoms with Crippen molar-refractivity contribution in [2.45, 2.75) is 6.10 Å². The first-order valence-electron chi connectivity index (χ1n) is 6.30. The summed E-state index contributed by atoms with van der Waals surface area (Å²) in [5.41, 5.74) is 0.638. The summed E-state index contributed by atoms with van der Waals surface area (Å²) in [4.78, 5) is 18.6. The predicted molar refractivity (Wildman–Crippen MR) is 77.4 cm³/mol. The van der Waals surface area contributed by atoms with Crippen molar-refractivity contribution in [2.24, 2.45) is 0 Å². The average molecular weight is 292 g/mol. The molecule has 0 amide bonds. The van der Waals surface area contributed by atoms with E-state index in [1.807, 2.05) is 0 Å². The summed E-state index contributed by atoms with van der Waals surface area (Å²) < 4.78 is 10.3. The van der Waals surface area contributed by atoms with E-state index < -0.39 is 4.92 Å². The van der Waals surface area contributed by atoms with Crippen LogP contribution < -0.4 is 5.32 Å². The van der Waals surface area contributed by atoms with Gasteiger partial charge in [-0.15, -0.1) is 0 Å². The van der Waals surface area contributed by atoms with Gasteiger partial charge >= 0.3 is 0 Å². The molecule has 2 rings (SSSR count). The molecule has 1 N–H and O–H groups in total. The maximum atomic E-state index is 10.9. The maximum Gasteiger partial charge on any atom is 0.270 e. The van der Waals surface area contributed by atoms with Crippen molar-refractivity contribution in [1.29, 1.82) is 0 Å². The number of benzene rings is 1. The average Bonchev–Trinajstić information content (AvgIpc) is 2.50. The molecule has 8 heteroatoms. The fourth-order valence-electron chi connectivity index (χ4n) is 1.91. The number of ether oxygens (including phenoxy) is 2. The summed E-state index contributed by atoms with van der Waals surface area (Å²) >= 11 is 0. The van der Waals surface area contributed by atoms with Crippen molar-refractivity contribution in [1.82, 2.24) is 9.97 Å². The molecule has 0 radical (unpaired) electrons. The van der Waals surface area contributed by atoms with Crippen LogP contribution in [0, 0.1) is 10.1 Å². The first-order chi connectivity index (χ1) is 10.2. The van der Waals surface area contributed by atoms with Crippen molar-refractivity contribution in [2.75, 3.05) is 32.7 Å². The quantitative estimate of drug-likeness (QED) is 0.611. The van der Waals surface area contributed by atoms with Crippen LogP contribution in [0.3, 0.4) is 0 Å². The molecule has 0 aliphatic rings. The summed E-state index contributed by atoms with van der Waals surface area (Å²) in [7, 11) is 3.18. The zero-order chi connectivity index (χ0) is 15.2. The minimum atomic E-state index is -0.445. The van der Waals surface area contributed by atoms with E-state index in [0.29, 0.717) is 29.9 Å². The highest BCUT2D eigenvalue weighted by atomic mass is 16.6. The number of nitrogens with zero attached hydrogens (tertiary/aromatic N) is 3. The second kappa shape index (κ2) is 6.91. The molecule has 21 heavy (non-hydrogen) atoms. The summed E-state index contributed by atoms with van der Waals surface area (Å²) in [6.45, 7) is 0.909. The second-order valence-electron chi connectivity index (χ2n) is 4.37. The highest BCUT2D eigenvalue weighted by Gasteiger charge is 2.12. The molecule has 1 aromatic carbocycles. The third-order valence-electron chi connectivity index (χ3n) is 3.01. The van der Waals surface area contributed by atoms with Crippen LogP contribution in [0.25, 0.3) is 10.9 Å². The van der Waals surface area contributed by atoms with Gasteiger partial charge in [-0.05, 0) is 6.07 Å². The second-order valence-corrected chi connectivity index (χ2v) is 4.37. The van der Waals surface area contributed by atoms with Crippen molar-refractivity contribution in [3.8, 4) is 0 Å². The van der Waals surface area contributed by atoms with Crippen LogP contribution >= 0.6 is 0 Å². The van der Waals surface area contributed by atoms with Gasteiger partial charge in [0.05, 0.1) is 23.2 Å². The Morgan fingerprint density at radius 1 is 1.38 bits per heavy atom. The lowest BCUT2D eigenvalue weighted by atomic mass is 10.2. The minimum Gasteiger partial charge on any atom is -0.382 e. The Hall–Kier alpha value is -2.32. The topological polar surface area (TPSA) is 99.4 Å². The SMILES string of the molecule is COCC(CNc1ncnc2ccc([N+](=O)[O-])cc12)OC. The van der Waals surface area contributed by atoms with E-state index in [1.165, 1.54) is 18.5 Å². The number of nitro groups is 1. The molecule has 2 aromatic rings. The zero-order valence-electron chi connectivity index (χ0n) is 11.8. The van der Waals surface area contributed by atoms with E-state index in [4.69, 9.17) is 9.47 Å². The van der Waals surface area contributed by atoms with E-state index in [1.54, 1.807) is 20.3 Å². The first-order valence-corrected chi connectivity index (χ1v) is 6.30. The van der Waals surface area contributed by atoms with Crippen LogP contribution in [-0.2, 0) is 9.47 Å². The van der Waals surface area contributed by atoms with Crippen LogP contribution in [0.4, 0.5) is 11.5 Å². The molecule has 0 aliphatic heterocycles. The molecule has 0 saturated carbocycles. The number of rotatable bonds is 7. The molecule has 1 atom stereocenters. The Bertz CT molecular complexity index is 635. The van der Waals surface area contributed by atoms with Gasteiger partial charge in [-0.25, -0.2) is 9.97 Å². The lowest BCUT2D eigenvalue weighted by Gasteiger charge is -2.16. The summed E-state index contributed by atoms with van der Waals surface area (Å²) in [6.07, 6.45) is 1.27. The molecule has 8 nitrogen and oxygen atoms in total. The lowest BCUT2D eigenvalue weighted by molar-refractivity contribution is -0.384. The van der Waals surface area contributed by atoms with Crippen LogP contribution in [0.2, 0.25) is 0 Å². The monoisotopic (exact) mass is 292 g/mol. The van der Waals surface area contributed by atoms with Gasteiger partial charge < -0.3 is 14.8 Å². The van der Waals surface area contributed by atoms with Gasteiger partial charge in [0.1, 0.15) is 12.1 Å². The van der Waals surface area contributed by atoms with Gasteiger partial charge in [-0.2, -0.15) is 0 Å². The molecular weight excluding hydrogens is 276 g/mol. The Kier molecular flexibility index (Phi) is 4.96. The number of anilines is 1. The smallest absolute Gasteiger partial charge is 0.270 e. The Balaban J connectivity index is 2.26. The van der Waals surface area contributed by atoms with Crippen LogP contribution in [0.15, 0.2) is 24.5 Å². The third kappa shape index (κ3) is 3.61. The molecule has 0 spiro atoms. The van der Waals surface area contributed by atoms with Gasteiger partial charge in [0.15, 0.2) is 0 Å². The molecule has 0 saturated heterocycles. The molecule has 0 aliphatic carbocycles. The number of non-ortho nitro benzene ring substituents is 1. The summed E-state index contributed by atoms with van der Waals surface area (Å²) in [5.74, 6) is 0.529.